The normalized spacial score (nSPS) is 21.5. The molecule has 1 aromatic carbocycles. The van der Waals surface area contributed by atoms with E-state index in [1.54, 1.807) is 0 Å². The van der Waals surface area contributed by atoms with Crippen LogP contribution in [0.5, 0.6) is 5.75 Å². The molecule has 0 bridgehead atoms. The van der Waals surface area contributed by atoms with Crippen molar-refractivity contribution in [2.45, 2.75) is 19.9 Å². The number of hydrogen-bond donors (Lipinski definition) is 1. The Balaban J connectivity index is 1.67. The molecule has 92 valence electrons. The Bertz CT molecular complexity index is 415. The summed E-state index contributed by atoms with van der Waals surface area (Å²) in [5.74, 6) is 3.52. The van der Waals surface area contributed by atoms with E-state index in [1.807, 2.05) is 11.8 Å². The van der Waals surface area contributed by atoms with Crippen molar-refractivity contribution in [3.05, 3.63) is 29.3 Å². The van der Waals surface area contributed by atoms with Crippen LogP contribution < -0.4 is 10.1 Å². The second-order valence-electron chi connectivity index (χ2n) is 5.45. The highest BCUT2D eigenvalue weighted by Crippen LogP contribution is 2.37. The van der Waals surface area contributed by atoms with Gasteiger partial charge in [-0.15, -0.1) is 0 Å². The molecule has 3 heteroatoms. The van der Waals surface area contributed by atoms with Crippen molar-refractivity contribution >= 4 is 11.8 Å². The Kier molecular flexibility index (Phi) is 3.05. The molecule has 3 rings (SSSR count). The van der Waals surface area contributed by atoms with Crippen LogP contribution in [-0.2, 0) is 13.0 Å². The lowest BCUT2D eigenvalue weighted by molar-refractivity contribution is 0.196. The van der Waals surface area contributed by atoms with Crippen molar-refractivity contribution in [1.29, 1.82) is 0 Å². The van der Waals surface area contributed by atoms with E-state index in [0.29, 0.717) is 5.41 Å². The van der Waals surface area contributed by atoms with Gasteiger partial charge in [-0.3, -0.25) is 0 Å². The molecule has 2 heterocycles. The van der Waals surface area contributed by atoms with Crippen LogP contribution in [0.1, 0.15) is 18.1 Å². The summed E-state index contributed by atoms with van der Waals surface area (Å²) in [6.45, 7) is 5.26. The van der Waals surface area contributed by atoms with Crippen molar-refractivity contribution in [3.8, 4) is 5.75 Å². The molecule has 1 saturated heterocycles. The monoisotopic (exact) mass is 249 g/mol. The Morgan fingerprint density at radius 1 is 1.35 bits per heavy atom. The van der Waals surface area contributed by atoms with Gasteiger partial charge in [-0.2, -0.15) is 11.8 Å². The lowest BCUT2D eigenvalue weighted by atomic mass is 9.96. The first-order chi connectivity index (χ1) is 8.25. The Morgan fingerprint density at radius 2 is 2.24 bits per heavy atom. The first kappa shape index (κ1) is 11.4. The summed E-state index contributed by atoms with van der Waals surface area (Å²) in [5, 5.41) is 3.39. The first-order valence-electron chi connectivity index (χ1n) is 6.28. The number of fused-ring (bicyclic) bond motifs is 1. The summed E-state index contributed by atoms with van der Waals surface area (Å²) in [6.07, 6.45) is 1.12. The molecular formula is C14H19NOS. The topological polar surface area (TPSA) is 21.3 Å². The van der Waals surface area contributed by atoms with Crippen LogP contribution >= 0.6 is 11.8 Å². The summed E-state index contributed by atoms with van der Waals surface area (Å²) in [4.78, 5) is 0. The summed E-state index contributed by atoms with van der Waals surface area (Å²) < 4.78 is 5.95. The van der Waals surface area contributed by atoms with Gasteiger partial charge in [0.15, 0.2) is 0 Å². The van der Waals surface area contributed by atoms with Gasteiger partial charge in [0.1, 0.15) is 5.75 Å². The largest absolute Gasteiger partial charge is 0.493 e. The van der Waals surface area contributed by atoms with Crippen LogP contribution in [0.2, 0.25) is 0 Å². The minimum Gasteiger partial charge on any atom is -0.493 e. The van der Waals surface area contributed by atoms with Gasteiger partial charge in [-0.25, -0.2) is 0 Å². The predicted molar refractivity (Wildman–Crippen MR) is 72.8 cm³/mol. The first-order valence-corrected chi connectivity index (χ1v) is 7.44. The van der Waals surface area contributed by atoms with Crippen molar-refractivity contribution in [2.75, 3.05) is 24.7 Å². The molecule has 0 amide bonds. The minimum atomic E-state index is 0.405. The van der Waals surface area contributed by atoms with E-state index in [1.165, 1.54) is 22.6 Å². The zero-order chi connectivity index (χ0) is 11.7. The third kappa shape index (κ3) is 2.45. The molecule has 2 aliphatic heterocycles. The second kappa shape index (κ2) is 4.54. The van der Waals surface area contributed by atoms with Crippen LogP contribution in [0.4, 0.5) is 0 Å². The van der Waals surface area contributed by atoms with Gasteiger partial charge < -0.3 is 10.1 Å². The molecule has 0 aliphatic carbocycles. The van der Waals surface area contributed by atoms with Gasteiger partial charge in [0, 0.05) is 23.5 Å². The SMILES string of the molecule is CC1(COc2ccc3c(c2)CCNC3)CSC1. The molecule has 0 unspecified atom stereocenters. The highest BCUT2D eigenvalue weighted by molar-refractivity contribution is 8.00. The van der Waals surface area contributed by atoms with E-state index < -0.39 is 0 Å². The zero-order valence-corrected chi connectivity index (χ0v) is 11.1. The molecule has 0 aromatic heterocycles. The lowest BCUT2D eigenvalue weighted by Gasteiger charge is -2.37. The predicted octanol–water partition coefficient (Wildman–Crippen LogP) is 2.46. The van der Waals surface area contributed by atoms with Crippen LogP contribution in [0.15, 0.2) is 18.2 Å². The number of thioether (sulfide) groups is 1. The summed E-state index contributed by atoms with van der Waals surface area (Å²) in [7, 11) is 0. The average molecular weight is 249 g/mol. The molecule has 1 N–H and O–H groups in total. The van der Waals surface area contributed by atoms with Gasteiger partial charge in [0.2, 0.25) is 0 Å². The van der Waals surface area contributed by atoms with Crippen LogP contribution in [0, 0.1) is 5.41 Å². The number of ether oxygens (including phenoxy) is 1. The molecule has 0 saturated carbocycles. The fourth-order valence-corrected chi connectivity index (χ4v) is 3.40. The van der Waals surface area contributed by atoms with Crippen molar-refractivity contribution in [2.24, 2.45) is 5.41 Å². The van der Waals surface area contributed by atoms with E-state index >= 15 is 0 Å². The summed E-state index contributed by atoms with van der Waals surface area (Å²) in [6, 6.07) is 6.54. The van der Waals surface area contributed by atoms with Crippen molar-refractivity contribution in [3.63, 3.8) is 0 Å². The highest BCUT2D eigenvalue weighted by atomic mass is 32.2. The molecule has 2 aliphatic rings. The number of hydrogen-bond acceptors (Lipinski definition) is 3. The Hall–Kier alpha value is -0.670. The fraction of sp³-hybridized carbons (Fsp3) is 0.571. The van der Waals surface area contributed by atoms with Gasteiger partial charge in [0.25, 0.3) is 0 Å². The maximum absolute atomic E-state index is 5.95. The number of benzene rings is 1. The van der Waals surface area contributed by atoms with Crippen molar-refractivity contribution < 1.29 is 4.74 Å². The summed E-state index contributed by atoms with van der Waals surface area (Å²) in [5.41, 5.74) is 3.28. The van der Waals surface area contributed by atoms with Gasteiger partial charge in [-0.05, 0) is 36.2 Å². The average Bonchev–Trinajstić information content (AvgIpc) is 2.34. The van der Waals surface area contributed by atoms with Gasteiger partial charge in [0.05, 0.1) is 6.61 Å². The van der Waals surface area contributed by atoms with E-state index in [9.17, 15) is 0 Å². The highest BCUT2D eigenvalue weighted by Gasteiger charge is 2.33. The van der Waals surface area contributed by atoms with Crippen LogP contribution in [-0.4, -0.2) is 24.7 Å². The van der Waals surface area contributed by atoms with E-state index in [-0.39, 0.29) is 0 Å². The van der Waals surface area contributed by atoms with Crippen LogP contribution in [0.3, 0.4) is 0 Å². The van der Waals surface area contributed by atoms with Gasteiger partial charge in [-0.1, -0.05) is 13.0 Å². The molecule has 2 nitrogen and oxygen atoms in total. The fourth-order valence-electron chi connectivity index (χ4n) is 2.33. The van der Waals surface area contributed by atoms with E-state index in [4.69, 9.17) is 4.74 Å². The standard InChI is InChI=1S/C14H19NOS/c1-14(9-17-10-14)8-16-13-3-2-12-7-15-5-4-11(12)6-13/h2-3,6,15H,4-5,7-10H2,1H3. The van der Waals surface area contributed by atoms with Crippen LogP contribution in [0.25, 0.3) is 0 Å². The third-order valence-electron chi connectivity index (χ3n) is 3.55. The second-order valence-corrected chi connectivity index (χ2v) is 6.44. The molecule has 0 radical (unpaired) electrons. The Labute approximate surface area is 107 Å². The molecule has 0 atom stereocenters. The van der Waals surface area contributed by atoms with E-state index in [2.05, 4.69) is 30.4 Å². The van der Waals surface area contributed by atoms with E-state index in [0.717, 1.165) is 31.9 Å². The maximum atomic E-state index is 5.95. The third-order valence-corrected chi connectivity index (χ3v) is 5.35. The number of rotatable bonds is 3. The molecular weight excluding hydrogens is 230 g/mol. The smallest absolute Gasteiger partial charge is 0.119 e. The summed E-state index contributed by atoms with van der Waals surface area (Å²) >= 11 is 2.01. The maximum Gasteiger partial charge on any atom is 0.119 e. The minimum absolute atomic E-state index is 0.405. The molecule has 0 spiro atoms. The Morgan fingerprint density at radius 3 is 3.00 bits per heavy atom. The number of nitrogens with one attached hydrogen (secondary N) is 1. The van der Waals surface area contributed by atoms with Gasteiger partial charge >= 0.3 is 0 Å². The quantitative estimate of drug-likeness (QED) is 0.889. The zero-order valence-electron chi connectivity index (χ0n) is 10.3. The molecule has 17 heavy (non-hydrogen) atoms. The molecule has 1 fully saturated rings. The lowest BCUT2D eigenvalue weighted by Crippen LogP contribution is -2.38. The van der Waals surface area contributed by atoms with Crippen molar-refractivity contribution in [1.82, 2.24) is 5.32 Å². The molecule has 1 aromatic rings.